The molecule has 2 nitrogen and oxygen atoms in total. The Bertz CT molecular complexity index is 476. The highest BCUT2D eigenvalue weighted by Gasteiger charge is 2.30. The average molecular weight is 272 g/mol. The van der Waals surface area contributed by atoms with E-state index in [-0.39, 0.29) is 5.41 Å². The number of carbonyl (C=O) groups excluding carboxylic acids is 1. The van der Waals surface area contributed by atoms with Crippen molar-refractivity contribution in [1.29, 1.82) is 0 Å². The van der Waals surface area contributed by atoms with Crippen LogP contribution >= 0.6 is 0 Å². The molecule has 0 saturated carbocycles. The van der Waals surface area contributed by atoms with Crippen LogP contribution < -0.4 is 0 Å². The van der Waals surface area contributed by atoms with Crippen molar-refractivity contribution in [3.05, 3.63) is 60.9 Å². The van der Waals surface area contributed by atoms with E-state index in [1.807, 2.05) is 0 Å². The van der Waals surface area contributed by atoms with E-state index < -0.39 is 5.97 Å². The van der Waals surface area contributed by atoms with Crippen molar-refractivity contribution in [3.8, 4) is 0 Å². The zero-order valence-electron chi connectivity index (χ0n) is 12.7. The minimum absolute atomic E-state index is 0.225. The molecular formula is C18H24O2. The topological polar surface area (TPSA) is 26.3 Å². The van der Waals surface area contributed by atoms with Gasteiger partial charge in [-0.2, -0.15) is 0 Å². The quantitative estimate of drug-likeness (QED) is 0.238. The minimum atomic E-state index is -0.435. The maximum atomic E-state index is 11.4. The number of esters is 1. The van der Waals surface area contributed by atoms with Gasteiger partial charge in [-0.15, -0.1) is 0 Å². The molecule has 1 rings (SSSR count). The van der Waals surface area contributed by atoms with Gasteiger partial charge in [-0.1, -0.05) is 56.9 Å². The van der Waals surface area contributed by atoms with Crippen molar-refractivity contribution in [2.75, 3.05) is 0 Å². The molecule has 0 radical (unpaired) electrons. The third-order valence-electron chi connectivity index (χ3n) is 3.66. The Labute approximate surface area is 122 Å². The van der Waals surface area contributed by atoms with Gasteiger partial charge in [0, 0.05) is 12.0 Å². The van der Waals surface area contributed by atoms with E-state index in [1.54, 1.807) is 6.08 Å². The van der Waals surface area contributed by atoms with Gasteiger partial charge in [-0.05, 0) is 31.3 Å². The summed E-state index contributed by atoms with van der Waals surface area (Å²) in [6.07, 6.45) is 12.8. The minimum Gasteiger partial charge on any atom is -0.424 e. The Morgan fingerprint density at radius 2 is 2.15 bits per heavy atom. The predicted octanol–water partition coefficient (Wildman–Crippen LogP) is 4.72. The van der Waals surface area contributed by atoms with Crippen molar-refractivity contribution < 1.29 is 9.53 Å². The van der Waals surface area contributed by atoms with E-state index in [1.165, 1.54) is 23.8 Å². The largest absolute Gasteiger partial charge is 0.424 e. The van der Waals surface area contributed by atoms with Crippen molar-refractivity contribution in [1.82, 2.24) is 0 Å². The van der Waals surface area contributed by atoms with Crippen LogP contribution in [0.1, 0.15) is 33.6 Å². The molecule has 0 aromatic heterocycles. The maximum Gasteiger partial charge on any atom is 0.336 e. The number of carbonyl (C=O) groups is 1. The molecule has 0 amide bonds. The van der Waals surface area contributed by atoms with Crippen molar-refractivity contribution in [3.63, 3.8) is 0 Å². The molecule has 0 heterocycles. The Hall–Kier alpha value is -1.83. The normalized spacial score (nSPS) is 21.8. The van der Waals surface area contributed by atoms with Gasteiger partial charge in [-0.25, -0.2) is 4.79 Å². The first-order valence-electron chi connectivity index (χ1n) is 6.91. The number of ether oxygens (including phenoxy) is 1. The van der Waals surface area contributed by atoms with Gasteiger partial charge in [0.25, 0.3) is 0 Å². The molecule has 0 bridgehead atoms. The summed E-state index contributed by atoms with van der Waals surface area (Å²) < 4.78 is 5.07. The maximum absolute atomic E-state index is 11.4. The summed E-state index contributed by atoms with van der Waals surface area (Å²) in [5, 5.41) is 0. The summed E-state index contributed by atoms with van der Waals surface area (Å²) in [6.45, 7) is 13.9. The Balaban J connectivity index is 2.67. The van der Waals surface area contributed by atoms with E-state index in [2.05, 4.69) is 46.1 Å². The number of allylic oxidation sites excluding steroid dienone is 6. The molecule has 0 aromatic rings. The fourth-order valence-corrected chi connectivity index (χ4v) is 2.53. The molecule has 0 aromatic carbocycles. The lowest BCUT2D eigenvalue weighted by molar-refractivity contribution is -0.133. The van der Waals surface area contributed by atoms with Gasteiger partial charge in [-0.3, -0.25) is 0 Å². The molecule has 0 N–H and O–H groups in total. The van der Waals surface area contributed by atoms with Gasteiger partial charge in [0.2, 0.25) is 0 Å². The second-order valence-corrected chi connectivity index (χ2v) is 5.79. The zero-order chi connectivity index (χ0) is 15.2. The summed E-state index contributed by atoms with van der Waals surface area (Å²) in [4.78, 5) is 11.4. The van der Waals surface area contributed by atoms with Crippen LogP contribution in [-0.2, 0) is 9.53 Å². The molecule has 0 fully saturated rings. The van der Waals surface area contributed by atoms with Gasteiger partial charge in [0.15, 0.2) is 0 Å². The van der Waals surface area contributed by atoms with Crippen LogP contribution in [0.3, 0.4) is 0 Å². The van der Waals surface area contributed by atoms with Crippen LogP contribution in [0, 0.1) is 11.3 Å². The lowest BCUT2D eigenvalue weighted by atomic mass is 9.68. The van der Waals surface area contributed by atoms with Crippen molar-refractivity contribution in [2.45, 2.75) is 33.6 Å². The lowest BCUT2D eigenvalue weighted by Gasteiger charge is -2.36. The molecule has 0 saturated heterocycles. The first kappa shape index (κ1) is 16.2. The zero-order valence-corrected chi connectivity index (χ0v) is 12.7. The monoisotopic (exact) mass is 272 g/mol. The van der Waals surface area contributed by atoms with Crippen LogP contribution in [0.15, 0.2) is 60.9 Å². The summed E-state index contributed by atoms with van der Waals surface area (Å²) in [6, 6.07) is 0. The Morgan fingerprint density at radius 1 is 1.45 bits per heavy atom. The van der Waals surface area contributed by atoms with Crippen LogP contribution in [0.2, 0.25) is 0 Å². The second-order valence-electron chi connectivity index (χ2n) is 5.79. The smallest absolute Gasteiger partial charge is 0.336 e. The third kappa shape index (κ3) is 4.69. The summed E-state index contributed by atoms with van der Waals surface area (Å²) >= 11 is 0. The molecule has 1 unspecified atom stereocenters. The standard InChI is InChI=1S/C18H24O2/c1-6-7-10-17(19)20-15(3)11-12-16-14(2)9-8-13-18(16,4)5/h6-7,9-12,16H,1,3,8,13H2,2,4-5H3. The van der Waals surface area contributed by atoms with E-state index in [9.17, 15) is 4.79 Å². The molecule has 1 atom stereocenters. The predicted molar refractivity (Wildman–Crippen MR) is 84.0 cm³/mol. The van der Waals surface area contributed by atoms with E-state index in [4.69, 9.17) is 4.74 Å². The number of hydrogen-bond acceptors (Lipinski definition) is 2. The third-order valence-corrected chi connectivity index (χ3v) is 3.66. The van der Waals surface area contributed by atoms with Crippen molar-refractivity contribution >= 4 is 5.97 Å². The summed E-state index contributed by atoms with van der Waals surface area (Å²) in [7, 11) is 0. The lowest BCUT2D eigenvalue weighted by Crippen LogP contribution is -2.26. The molecular weight excluding hydrogens is 248 g/mol. The highest BCUT2D eigenvalue weighted by Crippen LogP contribution is 2.41. The van der Waals surface area contributed by atoms with Crippen LogP contribution in [0.4, 0.5) is 0 Å². The van der Waals surface area contributed by atoms with Gasteiger partial charge >= 0.3 is 5.97 Å². The van der Waals surface area contributed by atoms with Crippen molar-refractivity contribution in [2.24, 2.45) is 11.3 Å². The van der Waals surface area contributed by atoms with Gasteiger partial charge in [0.1, 0.15) is 5.76 Å². The SMILES string of the molecule is C=CC=CC(=O)OC(=C)C=CC1C(C)=CCCC1(C)C. The highest BCUT2D eigenvalue weighted by atomic mass is 16.5. The molecule has 2 heteroatoms. The van der Waals surface area contributed by atoms with E-state index in [0.717, 1.165) is 12.8 Å². The number of rotatable bonds is 5. The first-order chi connectivity index (χ1) is 9.36. The molecule has 20 heavy (non-hydrogen) atoms. The van der Waals surface area contributed by atoms with Crippen LogP contribution in [-0.4, -0.2) is 5.97 Å². The van der Waals surface area contributed by atoms with Gasteiger partial charge < -0.3 is 4.74 Å². The first-order valence-corrected chi connectivity index (χ1v) is 6.91. The van der Waals surface area contributed by atoms with Crippen LogP contribution in [0.5, 0.6) is 0 Å². The highest BCUT2D eigenvalue weighted by molar-refractivity contribution is 5.83. The van der Waals surface area contributed by atoms with Gasteiger partial charge in [0.05, 0.1) is 0 Å². The molecule has 1 aliphatic carbocycles. The van der Waals surface area contributed by atoms with E-state index >= 15 is 0 Å². The number of hydrogen-bond donors (Lipinski definition) is 0. The van der Waals surface area contributed by atoms with E-state index in [0.29, 0.717) is 11.7 Å². The summed E-state index contributed by atoms with van der Waals surface area (Å²) in [5.41, 5.74) is 1.59. The molecule has 0 aliphatic heterocycles. The fraction of sp³-hybridized carbons (Fsp3) is 0.389. The molecule has 108 valence electrons. The Morgan fingerprint density at radius 3 is 2.75 bits per heavy atom. The molecule has 0 spiro atoms. The van der Waals surface area contributed by atoms with Crippen LogP contribution in [0.25, 0.3) is 0 Å². The molecule has 1 aliphatic rings. The average Bonchev–Trinajstić information content (AvgIpc) is 2.34. The summed E-state index contributed by atoms with van der Waals surface area (Å²) in [5.74, 6) is 0.281. The second kappa shape index (κ2) is 7.09. The Kier molecular flexibility index (Phi) is 5.75. The fourth-order valence-electron chi connectivity index (χ4n) is 2.53.